The number of carbonyl (C=O) groups is 2. The normalized spacial score (nSPS) is 25.2. The summed E-state index contributed by atoms with van der Waals surface area (Å²) in [5.74, 6) is 0.00448. The second-order valence-corrected chi connectivity index (χ2v) is 8.56. The van der Waals surface area contributed by atoms with Gasteiger partial charge in [-0.1, -0.05) is 33.6 Å². The highest BCUT2D eigenvalue weighted by molar-refractivity contribution is 6.05. The van der Waals surface area contributed by atoms with Crippen LogP contribution in [0.25, 0.3) is 0 Å². The smallest absolute Gasteiger partial charge is 0.247 e. The van der Waals surface area contributed by atoms with Crippen LogP contribution in [0.1, 0.15) is 73.1 Å². The Labute approximate surface area is 128 Å². The van der Waals surface area contributed by atoms with Gasteiger partial charge in [0.15, 0.2) is 0 Å². The predicted molar refractivity (Wildman–Crippen MR) is 83.8 cm³/mol. The van der Waals surface area contributed by atoms with Gasteiger partial charge in [-0.3, -0.25) is 14.5 Å². The van der Waals surface area contributed by atoms with E-state index in [0.29, 0.717) is 6.42 Å². The van der Waals surface area contributed by atoms with Crippen LogP contribution in [0.2, 0.25) is 0 Å². The third-order valence-electron chi connectivity index (χ3n) is 4.41. The van der Waals surface area contributed by atoms with E-state index in [1.54, 1.807) is 4.90 Å². The summed E-state index contributed by atoms with van der Waals surface area (Å²) in [4.78, 5) is 26.4. The molecule has 2 fully saturated rings. The summed E-state index contributed by atoms with van der Waals surface area (Å²) < 4.78 is 0. The van der Waals surface area contributed by atoms with Gasteiger partial charge >= 0.3 is 0 Å². The number of hydrogen-bond acceptors (Lipinski definition) is 3. The molecule has 2 amide bonds. The van der Waals surface area contributed by atoms with Crippen molar-refractivity contribution >= 4 is 11.8 Å². The van der Waals surface area contributed by atoms with E-state index >= 15 is 0 Å². The van der Waals surface area contributed by atoms with Gasteiger partial charge in [-0.2, -0.15) is 0 Å². The fourth-order valence-corrected chi connectivity index (χ4v) is 4.16. The molecule has 0 spiro atoms. The van der Waals surface area contributed by atoms with Gasteiger partial charge in [0.25, 0.3) is 0 Å². The maximum absolute atomic E-state index is 12.6. The predicted octanol–water partition coefficient (Wildman–Crippen LogP) is 2.86. The number of nitrogens with one attached hydrogen (secondary N) is 1. The Bertz CT molecular complexity index is 417. The van der Waals surface area contributed by atoms with Gasteiger partial charge in [0.05, 0.1) is 12.5 Å². The van der Waals surface area contributed by atoms with Crippen molar-refractivity contribution in [2.24, 2.45) is 5.41 Å². The van der Waals surface area contributed by atoms with Crippen molar-refractivity contribution in [2.45, 2.75) is 90.8 Å². The molecule has 0 bridgehead atoms. The van der Waals surface area contributed by atoms with Gasteiger partial charge < -0.3 is 5.32 Å². The maximum atomic E-state index is 12.6. The lowest BCUT2D eigenvalue weighted by Gasteiger charge is -2.35. The first-order chi connectivity index (χ1) is 9.59. The molecular formula is C17H30N2O2. The van der Waals surface area contributed by atoms with Crippen molar-refractivity contribution < 1.29 is 9.59 Å². The molecule has 120 valence electrons. The Balaban J connectivity index is 2.02. The molecule has 2 aliphatic rings. The largest absolute Gasteiger partial charge is 0.300 e. The second-order valence-electron chi connectivity index (χ2n) is 8.56. The lowest BCUT2D eigenvalue weighted by atomic mass is 9.81. The van der Waals surface area contributed by atoms with E-state index in [1.807, 2.05) is 0 Å². The zero-order chi connectivity index (χ0) is 15.8. The Morgan fingerprint density at radius 1 is 1.10 bits per heavy atom. The summed E-state index contributed by atoms with van der Waals surface area (Å²) >= 11 is 0. The number of rotatable bonds is 4. The standard InChI is InChI=1S/C17H30N2O2/c1-16(2,3)11-17(4,5)18-13-10-14(20)19(15(13)21)12-8-6-7-9-12/h12-13,18H,6-11H2,1-5H3. The van der Waals surface area contributed by atoms with Crippen molar-refractivity contribution in [1.29, 1.82) is 0 Å². The van der Waals surface area contributed by atoms with E-state index in [0.717, 1.165) is 32.1 Å². The first kappa shape index (κ1) is 16.5. The quantitative estimate of drug-likeness (QED) is 0.811. The van der Waals surface area contributed by atoms with Crippen LogP contribution in [0.3, 0.4) is 0 Å². The van der Waals surface area contributed by atoms with Gasteiger partial charge in [-0.05, 0) is 38.5 Å². The molecule has 4 heteroatoms. The van der Waals surface area contributed by atoms with Gasteiger partial charge in [0, 0.05) is 11.6 Å². The molecule has 21 heavy (non-hydrogen) atoms. The van der Waals surface area contributed by atoms with E-state index in [-0.39, 0.29) is 34.9 Å². The van der Waals surface area contributed by atoms with Crippen LogP contribution in [0.15, 0.2) is 0 Å². The monoisotopic (exact) mass is 294 g/mol. The summed E-state index contributed by atoms with van der Waals surface area (Å²) in [7, 11) is 0. The molecule has 1 saturated heterocycles. The Morgan fingerprint density at radius 2 is 1.67 bits per heavy atom. The Kier molecular flexibility index (Phi) is 4.48. The maximum Gasteiger partial charge on any atom is 0.247 e. The summed E-state index contributed by atoms with van der Waals surface area (Å²) in [6, 6.07) is -0.182. The highest BCUT2D eigenvalue weighted by Gasteiger charge is 2.44. The molecule has 1 saturated carbocycles. The molecule has 2 rings (SSSR count). The van der Waals surface area contributed by atoms with E-state index in [9.17, 15) is 9.59 Å². The summed E-state index contributed by atoms with van der Waals surface area (Å²) in [6.45, 7) is 10.8. The zero-order valence-electron chi connectivity index (χ0n) is 14.2. The molecule has 1 heterocycles. The van der Waals surface area contributed by atoms with E-state index < -0.39 is 0 Å². The van der Waals surface area contributed by atoms with Crippen LogP contribution in [0.5, 0.6) is 0 Å². The highest BCUT2D eigenvalue weighted by atomic mass is 16.2. The van der Waals surface area contributed by atoms with Crippen LogP contribution in [0.4, 0.5) is 0 Å². The second kappa shape index (κ2) is 5.71. The molecule has 1 atom stereocenters. The van der Waals surface area contributed by atoms with Crippen LogP contribution in [-0.2, 0) is 9.59 Å². The SMILES string of the molecule is CC(C)(C)CC(C)(C)NC1CC(=O)N(C2CCCC2)C1=O. The molecule has 1 N–H and O–H groups in total. The van der Waals surface area contributed by atoms with Crippen LogP contribution >= 0.6 is 0 Å². The molecule has 1 aliphatic heterocycles. The molecule has 1 aliphatic carbocycles. The topological polar surface area (TPSA) is 49.4 Å². The minimum absolute atomic E-state index is 0.00566. The molecule has 0 radical (unpaired) electrons. The van der Waals surface area contributed by atoms with Crippen molar-refractivity contribution in [1.82, 2.24) is 10.2 Å². The first-order valence-corrected chi connectivity index (χ1v) is 8.23. The van der Waals surface area contributed by atoms with Gasteiger partial charge in [-0.15, -0.1) is 0 Å². The molecule has 1 unspecified atom stereocenters. The lowest BCUT2D eigenvalue weighted by Crippen LogP contribution is -2.51. The number of likely N-dealkylation sites (tertiary alicyclic amines) is 1. The molecule has 0 aromatic rings. The fraction of sp³-hybridized carbons (Fsp3) is 0.882. The molecule has 0 aromatic heterocycles. The highest BCUT2D eigenvalue weighted by Crippen LogP contribution is 2.31. The van der Waals surface area contributed by atoms with Crippen LogP contribution in [-0.4, -0.2) is 34.3 Å². The Hall–Kier alpha value is -0.900. The molecule has 0 aromatic carbocycles. The van der Waals surface area contributed by atoms with E-state index in [4.69, 9.17) is 0 Å². The van der Waals surface area contributed by atoms with Crippen LogP contribution in [0, 0.1) is 5.41 Å². The van der Waals surface area contributed by atoms with Crippen LogP contribution < -0.4 is 5.32 Å². The zero-order valence-corrected chi connectivity index (χ0v) is 14.2. The summed E-state index contributed by atoms with van der Waals surface area (Å²) in [6.07, 6.45) is 5.51. The third-order valence-corrected chi connectivity index (χ3v) is 4.41. The molecular weight excluding hydrogens is 264 g/mol. The lowest BCUT2D eigenvalue weighted by molar-refractivity contribution is -0.141. The van der Waals surface area contributed by atoms with Crippen molar-refractivity contribution in [3.63, 3.8) is 0 Å². The minimum atomic E-state index is -0.338. The summed E-state index contributed by atoms with van der Waals surface area (Å²) in [5.41, 5.74) is 0.0395. The first-order valence-electron chi connectivity index (χ1n) is 8.23. The number of nitrogens with zero attached hydrogens (tertiary/aromatic N) is 1. The van der Waals surface area contributed by atoms with Gasteiger partial charge in [-0.25, -0.2) is 0 Å². The molecule has 4 nitrogen and oxygen atoms in total. The van der Waals surface area contributed by atoms with Crippen molar-refractivity contribution in [3.8, 4) is 0 Å². The minimum Gasteiger partial charge on any atom is -0.300 e. The fourth-order valence-electron chi connectivity index (χ4n) is 4.16. The summed E-state index contributed by atoms with van der Waals surface area (Å²) in [5, 5.41) is 3.43. The average molecular weight is 294 g/mol. The van der Waals surface area contributed by atoms with Crippen molar-refractivity contribution in [3.05, 3.63) is 0 Å². The number of carbonyl (C=O) groups excluding carboxylic acids is 2. The van der Waals surface area contributed by atoms with Gasteiger partial charge in [0.1, 0.15) is 0 Å². The number of hydrogen-bond donors (Lipinski definition) is 1. The van der Waals surface area contributed by atoms with Crippen molar-refractivity contribution in [2.75, 3.05) is 0 Å². The number of amides is 2. The average Bonchev–Trinajstić information content (AvgIpc) is 2.84. The van der Waals surface area contributed by atoms with E-state index in [2.05, 4.69) is 39.9 Å². The number of imide groups is 1. The Morgan fingerprint density at radius 3 is 2.19 bits per heavy atom. The van der Waals surface area contributed by atoms with E-state index in [1.165, 1.54) is 0 Å². The van der Waals surface area contributed by atoms with Gasteiger partial charge in [0.2, 0.25) is 11.8 Å². The third kappa shape index (κ3) is 4.06.